The molecule has 0 aliphatic carbocycles. The molecule has 0 unspecified atom stereocenters. The van der Waals surface area contributed by atoms with Crippen molar-refractivity contribution >= 4 is 23.2 Å². The van der Waals surface area contributed by atoms with Crippen LogP contribution in [0.4, 0.5) is 0 Å². The van der Waals surface area contributed by atoms with Crippen molar-refractivity contribution in [2.45, 2.75) is 46.8 Å². The van der Waals surface area contributed by atoms with Gasteiger partial charge in [-0.25, -0.2) is 9.98 Å². The van der Waals surface area contributed by atoms with Crippen LogP contribution in [0.25, 0.3) is 0 Å². The molecule has 1 heterocycles. The van der Waals surface area contributed by atoms with Crippen LogP contribution in [0.15, 0.2) is 34.8 Å². The van der Waals surface area contributed by atoms with Crippen molar-refractivity contribution in [2.75, 3.05) is 19.6 Å². The standard InChI is InChI=1S/C21H31N5O2S/c1-6-22-20(24-12-11-23-19(27)18-15(2)26-14-29-18)25-13-16-9-7-8-10-17(16)28-21(3,4)5/h7-10,14H,6,11-13H2,1-5H3,(H,23,27)(H2,22,24,25). The Morgan fingerprint density at radius 1 is 1.17 bits per heavy atom. The fourth-order valence-electron chi connectivity index (χ4n) is 2.53. The molecule has 0 radical (unpaired) electrons. The van der Waals surface area contributed by atoms with Gasteiger partial charge in [-0.15, -0.1) is 11.3 Å². The molecule has 3 N–H and O–H groups in total. The largest absolute Gasteiger partial charge is 0.488 e. The maximum atomic E-state index is 12.1. The smallest absolute Gasteiger partial charge is 0.263 e. The summed E-state index contributed by atoms with van der Waals surface area (Å²) in [4.78, 5) is 21.5. The Bertz CT molecular complexity index is 826. The Labute approximate surface area is 177 Å². The van der Waals surface area contributed by atoms with Gasteiger partial charge >= 0.3 is 0 Å². The molecule has 1 aromatic carbocycles. The Morgan fingerprint density at radius 2 is 1.90 bits per heavy atom. The molecule has 29 heavy (non-hydrogen) atoms. The topological polar surface area (TPSA) is 87.6 Å². The average molecular weight is 418 g/mol. The molecule has 2 aromatic rings. The minimum absolute atomic E-state index is 0.0954. The third-order valence-corrected chi connectivity index (χ3v) is 4.72. The molecular formula is C21H31N5O2S. The predicted octanol–water partition coefficient (Wildman–Crippen LogP) is 3.11. The molecule has 1 amide bonds. The fourth-order valence-corrected chi connectivity index (χ4v) is 3.25. The van der Waals surface area contributed by atoms with Gasteiger partial charge in [0.05, 0.1) is 17.7 Å². The number of guanidine groups is 1. The van der Waals surface area contributed by atoms with Crippen molar-refractivity contribution in [3.8, 4) is 5.75 Å². The number of nitrogens with zero attached hydrogens (tertiary/aromatic N) is 2. The minimum atomic E-state index is -0.267. The fraction of sp³-hybridized carbons (Fsp3) is 0.476. The Hall–Kier alpha value is -2.61. The van der Waals surface area contributed by atoms with Crippen molar-refractivity contribution in [3.05, 3.63) is 45.9 Å². The number of thiazole rings is 1. The van der Waals surface area contributed by atoms with Crippen LogP contribution in [-0.4, -0.2) is 42.1 Å². The zero-order chi connectivity index (χ0) is 21.3. The molecule has 0 spiro atoms. The Kier molecular flexibility index (Phi) is 8.45. The van der Waals surface area contributed by atoms with Gasteiger partial charge in [0.2, 0.25) is 0 Å². The minimum Gasteiger partial charge on any atom is -0.488 e. The van der Waals surface area contributed by atoms with E-state index in [0.29, 0.717) is 30.5 Å². The van der Waals surface area contributed by atoms with Gasteiger partial charge in [0.25, 0.3) is 5.91 Å². The van der Waals surface area contributed by atoms with E-state index >= 15 is 0 Å². The van der Waals surface area contributed by atoms with Crippen LogP contribution in [0.2, 0.25) is 0 Å². The Balaban J connectivity index is 1.90. The van der Waals surface area contributed by atoms with E-state index in [1.165, 1.54) is 11.3 Å². The molecule has 0 aliphatic heterocycles. The molecule has 8 heteroatoms. The summed E-state index contributed by atoms with van der Waals surface area (Å²) in [7, 11) is 0. The summed E-state index contributed by atoms with van der Waals surface area (Å²) >= 11 is 1.35. The molecule has 0 fully saturated rings. The predicted molar refractivity (Wildman–Crippen MR) is 119 cm³/mol. The van der Waals surface area contributed by atoms with E-state index in [2.05, 4.69) is 25.9 Å². The van der Waals surface area contributed by atoms with Gasteiger partial charge in [0, 0.05) is 25.2 Å². The summed E-state index contributed by atoms with van der Waals surface area (Å²) in [6.07, 6.45) is 0. The van der Waals surface area contributed by atoms with Crippen molar-refractivity contribution in [3.63, 3.8) is 0 Å². The summed E-state index contributed by atoms with van der Waals surface area (Å²) in [6, 6.07) is 7.93. The van der Waals surface area contributed by atoms with Crippen LogP contribution in [0, 0.1) is 6.92 Å². The third kappa shape index (κ3) is 7.73. The summed E-state index contributed by atoms with van der Waals surface area (Å²) in [5.74, 6) is 1.44. The maximum Gasteiger partial charge on any atom is 0.263 e. The Morgan fingerprint density at radius 3 is 2.55 bits per heavy atom. The number of hydrogen-bond acceptors (Lipinski definition) is 5. The summed E-state index contributed by atoms with van der Waals surface area (Å²) in [6.45, 7) is 12.2. The van der Waals surface area contributed by atoms with Crippen LogP contribution in [0.1, 0.15) is 48.6 Å². The van der Waals surface area contributed by atoms with E-state index < -0.39 is 0 Å². The summed E-state index contributed by atoms with van der Waals surface area (Å²) < 4.78 is 6.03. The number of rotatable bonds is 8. The van der Waals surface area contributed by atoms with E-state index in [1.54, 1.807) is 5.51 Å². The average Bonchev–Trinajstić information content (AvgIpc) is 3.08. The van der Waals surface area contributed by atoms with Gasteiger partial charge in [-0.1, -0.05) is 18.2 Å². The van der Waals surface area contributed by atoms with Crippen molar-refractivity contribution in [2.24, 2.45) is 4.99 Å². The third-order valence-electron chi connectivity index (χ3n) is 3.80. The van der Waals surface area contributed by atoms with Crippen molar-refractivity contribution in [1.82, 2.24) is 20.9 Å². The monoisotopic (exact) mass is 417 g/mol. The number of aryl methyl sites for hydroxylation is 1. The molecule has 0 saturated carbocycles. The highest BCUT2D eigenvalue weighted by molar-refractivity contribution is 7.11. The highest BCUT2D eigenvalue weighted by Crippen LogP contribution is 2.23. The van der Waals surface area contributed by atoms with Crippen LogP contribution in [0.5, 0.6) is 5.75 Å². The van der Waals surface area contributed by atoms with Crippen LogP contribution >= 0.6 is 11.3 Å². The van der Waals surface area contributed by atoms with Gasteiger partial charge in [0.1, 0.15) is 16.2 Å². The van der Waals surface area contributed by atoms with Crippen LogP contribution in [-0.2, 0) is 6.54 Å². The van der Waals surface area contributed by atoms with Crippen LogP contribution < -0.4 is 20.7 Å². The quantitative estimate of drug-likeness (QED) is 0.349. The second kappa shape index (κ2) is 10.8. The second-order valence-corrected chi connectivity index (χ2v) is 8.32. The molecular weight excluding hydrogens is 386 g/mol. The number of hydrogen-bond donors (Lipinski definition) is 3. The van der Waals surface area contributed by atoms with E-state index in [0.717, 1.165) is 23.6 Å². The molecule has 7 nitrogen and oxygen atoms in total. The molecule has 2 rings (SSSR count). The van der Waals surface area contributed by atoms with E-state index in [-0.39, 0.29) is 11.5 Å². The zero-order valence-electron chi connectivity index (χ0n) is 17.8. The first-order chi connectivity index (χ1) is 13.8. The summed E-state index contributed by atoms with van der Waals surface area (Å²) in [5.41, 5.74) is 3.19. The number of ether oxygens (including phenoxy) is 1. The molecule has 0 bridgehead atoms. The van der Waals surface area contributed by atoms with Gasteiger partial charge in [-0.3, -0.25) is 4.79 Å². The van der Waals surface area contributed by atoms with Gasteiger partial charge in [0.15, 0.2) is 5.96 Å². The number of aromatic nitrogens is 1. The normalized spacial score (nSPS) is 11.8. The molecule has 0 aliphatic rings. The number of para-hydroxylation sites is 1. The molecule has 0 saturated heterocycles. The van der Waals surface area contributed by atoms with E-state index in [1.807, 2.05) is 58.9 Å². The number of benzene rings is 1. The first-order valence-corrected chi connectivity index (χ1v) is 10.7. The highest BCUT2D eigenvalue weighted by Gasteiger charge is 2.14. The molecule has 1 aromatic heterocycles. The SMILES string of the molecule is CCNC(=NCc1ccccc1OC(C)(C)C)NCCNC(=O)c1scnc1C. The number of carbonyl (C=O) groups is 1. The van der Waals surface area contributed by atoms with Gasteiger partial charge in [-0.2, -0.15) is 0 Å². The lowest BCUT2D eigenvalue weighted by atomic mass is 10.1. The lowest BCUT2D eigenvalue weighted by Gasteiger charge is -2.23. The van der Waals surface area contributed by atoms with E-state index in [9.17, 15) is 4.79 Å². The molecule has 0 atom stereocenters. The van der Waals surface area contributed by atoms with Crippen molar-refractivity contribution < 1.29 is 9.53 Å². The summed E-state index contributed by atoms with van der Waals surface area (Å²) in [5, 5.41) is 9.37. The maximum absolute atomic E-state index is 12.1. The lowest BCUT2D eigenvalue weighted by Crippen LogP contribution is -2.41. The van der Waals surface area contributed by atoms with Gasteiger partial charge < -0.3 is 20.7 Å². The first kappa shape index (κ1) is 22.7. The number of nitrogens with one attached hydrogen (secondary N) is 3. The number of carbonyl (C=O) groups excluding carboxylic acids is 1. The van der Waals surface area contributed by atoms with E-state index in [4.69, 9.17) is 4.74 Å². The molecule has 158 valence electrons. The van der Waals surface area contributed by atoms with Gasteiger partial charge in [-0.05, 0) is 40.7 Å². The number of amides is 1. The number of aliphatic imine (C=N–C) groups is 1. The second-order valence-electron chi connectivity index (χ2n) is 7.47. The first-order valence-electron chi connectivity index (χ1n) is 9.77. The van der Waals surface area contributed by atoms with Crippen LogP contribution in [0.3, 0.4) is 0 Å². The zero-order valence-corrected chi connectivity index (χ0v) is 18.7. The van der Waals surface area contributed by atoms with Crippen molar-refractivity contribution in [1.29, 1.82) is 0 Å². The lowest BCUT2D eigenvalue weighted by molar-refractivity contribution is 0.0957. The highest BCUT2D eigenvalue weighted by atomic mass is 32.1.